The molecule has 2 N–H and O–H groups in total. The fraction of sp³-hybridized carbons (Fsp3) is 0.429. The van der Waals surface area contributed by atoms with Gasteiger partial charge in [0.2, 0.25) is 0 Å². The number of aromatic nitrogens is 3. The van der Waals surface area contributed by atoms with E-state index in [4.69, 9.17) is 9.84 Å². The Labute approximate surface area is 135 Å². The lowest BCUT2D eigenvalue weighted by Gasteiger charge is -2.21. The average molecular weight is 337 g/mol. The SMILES string of the molecule is O=C(O)c1csc(Cn2cc(CC3(C(=O)O)CCCO3)nn2)c1. The first-order valence-electron chi connectivity index (χ1n) is 7.06. The number of hydrogen-bond acceptors (Lipinski definition) is 6. The molecule has 1 aliphatic rings. The van der Waals surface area contributed by atoms with Crippen LogP contribution in [0.15, 0.2) is 17.6 Å². The Bertz CT molecular complexity index is 732. The first kappa shape index (κ1) is 15.6. The largest absolute Gasteiger partial charge is 0.479 e. The summed E-state index contributed by atoms with van der Waals surface area (Å²) in [4.78, 5) is 23.2. The summed E-state index contributed by atoms with van der Waals surface area (Å²) in [5.74, 6) is -1.94. The topological polar surface area (TPSA) is 115 Å². The smallest absolute Gasteiger partial charge is 0.336 e. The summed E-state index contributed by atoms with van der Waals surface area (Å²) in [6.07, 6.45) is 3.02. The minimum Gasteiger partial charge on any atom is -0.479 e. The number of carboxylic acid groups (broad SMARTS) is 2. The number of ether oxygens (including phenoxy) is 1. The summed E-state index contributed by atoms with van der Waals surface area (Å²) < 4.78 is 6.99. The molecule has 2 aromatic rings. The molecule has 0 saturated carbocycles. The maximum Gasteiger partial charge on any atom is 0.336 e. The van der Waals surface area contributed by atoms with Gasteiger partial charge in [-0.05, 0) is 18.9 Å². The number of carboxylic acids is 2. The van der Waals surface area contributed by atoms with Crippen molar-refractivity contribution in [2.24, 2.45) is 0 Å². The number of hydrogen-bond donors (Lipinski definition) is 2. The minimum atomic E-state index is -1.21. The van der Waals surface area contributed by atoms with Gasteiger partial charge in [-0.1, -0.05) is 5.21 Å². The van der Waals surface area contributed by atoms with Gasteiger partial charge < -0.3 is 14.9 Å². The Morgan fingerprint density at radius 2 is 2.26 bits per heavy atom. The zero-order valence-corrected chi connectivity index (χ0v) is 13.0. The van der Waals surface area contributed by atoms with Gasteiger partial charge in [0.05, 0.1) is 17.8 Å². The summed E-state index contributed by atoms with van der Waals surface area (Å²) in [6.45, 7) is 0.833. The number of thiophene rings is 1. The molecule has 0 bridgehead atoms. The molecule has 23 heavy (non-hydrogen) atoms. The molecule has 1 fully saturated rings. The average Bonchev–Trinajstić information content (AvgIpc) is 3.21. The van der Waals surface area contributed by atoms with Crippen LogP contribution in [-0.2, 0) is 22.5 Å². The van der Waals surface area contributed by atoms with Crippen LogP contribution in [0.3, 0.4) is 0 Å². The van der Waals surface area contributed by atoms with Crippen molar-refractivity contribution in [1.29, 1.82) is 0 Å². The van der Waals surface area contributed by atoms with Crippen molar-refractivity contribution in [3.05, 3.63) is 33.8 Å². The van der Waals surface area contributed by atoms with Gasteiger partial charge in [-0.15, -0.1) is 16.4 Å². The lowest BCUT2D eigenvalue weighted by Crippen LogP contribution is -2.40. The van der Waals surface area contributed by atoms with Crippen LogP contribution < -0.4 is 0 Å². The number of aromatic carboxylic acids is 1. The minimum absolute atomic E-state index is 0.174. The van der Waals surface area contributed by atoms with Crippen molar-refractivity contribution in [3.8, 4) is 0 Å². The molecule has 3 heterocycles. The van der Waals surface area contributed by atoms with Crippen molar-refractivity contribution in [2.75, 3.05) is 6.61 Å². The van der Waals surface area contributed by atoms with Crippen LogP contribution in [-0.4, -0.2) is 49.4 Å². The second-order valence-corrected chi connectivity index (χ2v) is 6.44. The Balaban J connectivity index is 1.70. The van der Waals surface area contributed by atoms with Crippen LogP contribution in [0.2, 0.25) is 0 Å². The third-order valence-corrected chi connectivity index (χ3v) is 4.69. The van der Waals surface area contributed by atoms with Crippen molar-refractivity contribution in [3.63, 3.8) is 0 Å². The van der Waals surface area contributed by atoms with Crippen molar-refractivity contribution >= 4 is 23.3 Å². The summed E-state index contributed by atoms with van der Waals surface area (Å²) in [6, 6.07) is 1.59. The Morgan fingerprint density at radius 3 is 2.87 bits per heavy atom. The van der Waals surface area contributed by atoms with Gasteiger partial charge in [0, 0.05) is 29.5 Å². The molecule has 0 aliphatic carbocycles. The summed E-state index contributed by atoms with van der Waals surface area (Å²) in [5, 5.41) is 27.8. The molecule has 0 amide bonds. The monoisotopic (exact) mass is 337 g/mol. The number of carbonyl (C=O) groups is 2. The molecule has 0 spiro atoms. The van der Waals surface area contributed by atoms with E-state index in [-0.39, 0.29) is 12.0 Å². The molecule has 1 atom stereocenters. The molecule has 3 rings (SSSR count). The molecule has 9 heteroatoms. The third kappa shape index (κ3) is 3.25. The molecule has 1 unspecified atom stereocenters. The highest BCUT2D eigenvalue weighted by molar-refractivity contribution is 7.10. The highest BCUT2D eigenvalue weighted by atomic mass is 32.1. The molecular formula is C14H15N3O5S. The standard InChI is InChI=1S/C14H15N3O5S/c18-12(19)9-4-11(23-8-9)7-17-6-10(15-16-17)5-14(13(20)21)2-1-3-22-14/h4,6,8H,1-3,5,7H2,(H,18,19)(H,20,21). The van der Waals surface area contributed by atoms with Crippen molar-refractivity contribution < 1.29 is 24.5 Å². The summed E-state index contributed by atoms with van der Waals surface area (Å²) >= 11 is 1.33. The maximum atomic E-state index is 11.5. The van der Waals surface area contributed by atoms with E-state index in [1.165, 1.54) is 11.3 Å². The second kappa shape index (κ2) is 6.09. The molecule has 2 aromatic heterocycles. The van der Waals surface area contributed by atoms with Gasteiger partial charge >= 0.3 is 11.9 Å². The highest BCUT2D eigenvalue weighted by Gasteiger charge is 2.43. The van der Waals surface area contributed by atoms with E-state index < -0.39 is 17.5 Å². The van der Waals surface area contributed by atoms with Crippen molar-refractivity contribution in [2.45, 2.75) is 31.4 Å². The van der Waals surface area contributed by atoms with E-state index in [0.717, 1.165) is 4.88 Å². The fourth-order valence-corrected chi connectivity index (χ4v) is 3.45. The van der Waals surface area contributed by atoms with Gasteiger partial charge in [-0.25, -0.2) is 14.3 Å². The number of rotatable bonds is 6. The zero-order valence-electron chi connectivity index (χ0n) is 12.1. The highest BCUT2D eigenvalue weighted by Crippen LogP contribution is 2.29. The Kier molecular flexibility index (Phi) is 4.14. The molecule has 8 nitrogen and oxygen atoms in total. The number of nitrogens with zero attached hydrogens (tertiary/aromatic N) is 3. The molecule has 0 aromatic carbocycles. The van der Waals surface area contributed by atoms with Gasteiger partial charge in [0.15, 0.2) is 5.60 Å². The first-order chi connectivity index (χ1) is 11.0. The van der Waals surface area contributed by atoms with E-state index in [0.29, 0.717) is 31.7 Å². The second-order valence-electron chi connectivity index (χ2n) is 5.44. The normalized spacial score (nSPS) is 20.7. The van der Waals surface area contributed by atoms with Crippen molar-refractivity contribution in [1.82, 2.24) is 15.0 Å². The van der Waals surface area contributed by atoms with E-state index >= 15 is 0 Å². The molecule has 1 aliphatic heterocycles. The van der Waals surface area contributed by atoms with Crippen LogP contribution in [0.25, 0.3) is 0 Å². The van der Waals surface area contributed by atoms with Crippen LogP contribution in [0, 0.1) is 0 Å². The number of aliphatic carboxylic acids is 1. The van der Waals surface area contributed by atoms with Crippen LogP contribution in [0.1, 0.15) is 33.8 Å². The molecular weight excluding hydrogens is 322 g/mol. The quantitative estimate of drug-likeness (QED) is 0.815. The van der Waals surface area contributed by atoms with E-state index in [1.807, 2.05) is 0 Å². The van der Waals surface area contributed by atoms with Gasteiger partial charge in [0.1, 0.15) is 0 Å². The van der Waals surface area contributed by atoms with Crippen LogP contribution >= 0.6 is 11.3 Å². The third-order valence-electron chi connectivity index (χ3n) is 3.76. The van der Waals surface area contributed by atoms with Gasteiger partial charge in [-0.2, -0.15) is 0 Å². The molecule has 122 valence electrons. The molecule has 0 radical (unpaired) electrons. The Hall–Kier alpha value is -2.26. The van der Waals surface area contributed by atoms with E-state index in [9.17, 15) is 14.7 Å². The first-order valence-corrected chi connectivity index (χ1v) is 7.93. The molecule has 1 saturated heterocycles. The van der Waals surface area contributed by atoms with Gasteiger partial charge in [0.25, 0.3) is 0 Å². The Morgan fingerprint density at radius 1 is 1.43 bits per heavy atom. The predicted molar refractivity (Wildman–Crippen MR) is 79.7 cm³/mol. The lowest BCUT2D eigenvalue weighted by atomic mass is 9.95. The van der Waals surface area contributed by atoms with E-state index in [1.54, 1.807) is 22.3 Å². The zero-order chi connectivity index (χ0) is 16.4. The fourth-order valence-electron chi connectivity index (χ4n) is 2.61. The summed E-state index contributed by atoms with van der Waals surface area (Å²) in [7, 11) is 0. The predicted octanol–water partition coefficient (Wildman–Crippen LogP) is 1.26. The maximum absolute atomic E-state index is 11.5. The van der Waals surface area contributed by atoms with Crippen LogP contribution in [0.4, 0.5) is 0 Å². The lowest BCUT2D eigenvalue weighted by molar-refractivity contribution is -0.160. The summed E-state index contributed by atoms with van der Waals surface area (Å²) in [5.41, 5.74) is -0.417. The van der Waals surface area contributed by atoms with Gasteiger partial charge in [-0.3, -0.25) is 0 Å². The van der Waals surface area contributed by atoms with E-state index in [2.05, 4.69) is 10.3 Å². The van der Waals surface area contributed by atoms with Crippen LogP contribution in [0.5, 0.6) is 0 Å².